The van der Waals surface area contributed by atoms with Gasteiger partial charge in [0.15, 0.2) is 6.61 Å². The molecule has 1 heterocycles. The Kier molecular flexibility index (Phi) is 6.26. The highest BCUT2D eigenvalue weighted by molar-refractivity contribution is 7.92. The fourth-order valence-electron chi connectivity index (χ4n) is 3.37. The number of rotatable bonds is 6. The number of hydrogen-bond donors (Lipinski definition) is 2. The summed E-state index contributed by atoms with van der Waals surface area (Å²) < 4.78 is 33.6. The molecule has 0 saturated carbocycles. The first kappa shape index (κ1) is 22.6. The molecule has 170 valence electrons. The standard InChI is InChI=1S/C23H20ClN3O5S/c1-15(28)25-17-6-9-19(10-7-17)33(30,31)26-18-8-11-21-22(12-18)32-14-23(29)27(21)13-16-4-2-3-5-20(16)24/h2-12,26H,13-14H2,1H3,(H,25,28). The fourth-order valence-corrected chi connectivity index (χ4v) is 4.62. The number of halogens is 1. The van der Waals surface area contributed by atoms with Gasteiger partial charge in [0, 0.05) is 23.7 Å². The first-order valence-corrected chi connectivity index (χ1v) is 11.8. The molecule has 1 aliphatic heterocycles. The molecule has 10 heteroatoms. The quantitative estimate of drug-likeness (QED) is 0.548. The molecule has 33 heavy (non-hydrogen) atoms. The van der Waals surface area contributed by atoms with Crippen molar-refractivity contribution in [3.8, 4) is 5.75 Å². The molecule has 1 aliphatic rings. The molecule has 0 unspecified atom stereocenters. The van der Waals surface area contributed by atoms with Crippen molar-refractivity contribution in [1.29, 1.82) is 0 Å². The molecule has 0 spiro atoms. The first-order valence-electron chi connectivity index (χ1n) is 9.94. The van der Waals surface area contributed by atoms with Gasteiger partial charge in [0.2, 0.25) is 5.91 Å². The zero-order valence-electron chi connectivity index (χ0n) is 17.5. The van der Waals surface area contributed by atoms with Crippen LogP contribution in [0.2, 0.25) is 5.02 Å². The lowest BCUT2D eigenvalue weighted by Crippen LogP contribution is -2.38. The van der Waals surface area contributed by atoms with Crippen LogP contribution in [-0.4, -0.2) is 26.8 Å². The molecule has 4 rings (SSSR count). The van der Waals surface area contributed by atoms with Crippen LogP contribution in [0.25, 0.3) is 0 Å². The highest BCUT2D eigenvalue weighted by Gasteiger charge is 2.27. The van der Waals surface area contributed by atoms with Crippen LogP contribution in [0.3, 0.4) is 0 Å². The predicted molar refractivity (Wildman–Crippen MR) is 126 cm³/mol. The third-order valence-electron chi connectivity index (χ3n) is 4.93. The van der Waals surface area contributed by atoms with E-state index >= 15 is 0 Å². The van der Waals surface area contributed by atoms with Crippen molar-refractivity contribution in [2.75, 3.05) is 21.5 Å². The molecular formula is C23H20ClN3O5S. The van der Waals surface area contributed by atoms with Gasteiger partial charge in [-0.25, -0.2) is 8.42 Å². The van der Waals surface area contributed by atoms with Crippen LogP contribution in [0.4, 0.5) is 17.1 Å². The molecule has 0 saturated heterocycles. The number of hydrogen-bond acceptors (Lipinski definition) is 5. The summed E-state index contributed by atoms with van der Waals surface area (Å²) in [5, 5.41) is 3.13. The molecule has 0 aromatic heterocycles. The van der Waals surface area contributed by atoms with Crippen LogP contribution in [0.15, 0.2) is 71.6 Å². The molecule has 8 nitrogen and oxygen atoms in total. The third kappa shape index (κ3) is 5.10. The Morgan fingerprint density at radius 2 is 1.76 bits per heavy atom. The average molecular weight is 486 g/mol. The van der Waals surface area contributed by atoms with Gasteiger partial charge in [-0.2, -0.15) is 0 Å². The van der Waals surface area contributed by atoms with Crippen LogP contribution in [0.1, 0.15) is 12.5 Å². The van der Waals surface area contributed by atoms with Crippen molar-refractivity contribution in [3.63, 3.8) is 0 Å². The summed E-state index contributed by atoms with van der Waals surface area (Å²) >= 11 is 6.24. The molecular weight excluding hydrogens is 466 g/mol. The topological polar surface area (TPSA) is 105 Å². The number of ether oxygens (including phenoxy) is 1. The monoisotopic (exact) mass is 485 g/mol. The number of benzene rings is 3. The molecule has 2 amide bonds. The van der Waals surface area contributed by atoms with Gasteiger partial charge in [-0.15, -0.1) is 0 Å². The Morgan fingerprint density at radius 1 is 1.06 bits per heavy atom. The van der Waals surface area contributed by atoms with Crippen LogP contribution >= 0.6 is 11.6 Å². The molecule has 2 N–H and O–H groups in total. The van der Waals surface area contributed by atoms with E-state index in [9.17, 15) is 18.0 Å². The Hall–Kier alpha value is -3.56. The lowest BCUT2D eigenvalue weighted by Gasteiger charge is -2.30. The number of amides is 2. The maximum Gasteiger partial charge on any atom is 0.265 e. The van der Waals surface area contributed by atoms with E-state index < -0.39 is 10.0 Å². The van der Waals surface area contributed by atoms with Gasteiger partial charge in [0.25, 0.3) is 15.9 Å². The Balaban J connectivity index is 1.56. The second-order valence-electron chi connectivity index (χ2n) is 7.35. The maximum absolute atomic E-state index is 12.8. The largest absolute Gasteiger partial charge is 0.481 e. The number of nitrogens with zero attached hydrogens (tertiary/aromatic N) is 1. The molecule has 0 bridgehead atoms. The third-order valence-corrected chi connectivity index (χ3v) is 6.69. The van der Waals surface area contributed by atoms with Crippen LogP contribution < -0.4 is 19.7 Å². The van der Waals surface area contributed by atoms with Gasteiger partial charge in [-0.3, -0.25) is 14.3 Å². The zero-order valence-corrected chi connectivity index (χ0v) is 19.1. The van der Waals surface area contributed by atoms with Crippen LogP contribution in [0.5, 0.6) is 5.75 Å². The zero-order chi connectivity index (χ0) is 23.6. The first-order chi connectivity index (χ1) is 15.7. The van der Waals surface area contributed by atoms with E-state index in [1.165, 1.54) is 37.3 Å². The van der Waals surface area contributed by atoms with E-state index in [4.69, 9.17) is 16.3 Å². The summed E-state index contributed by atoms with van der Waals surface area (Å²) in [5.41, 5.74) is 2.08. The minimum atomic E-state index is -3.88. The van der Waals surface area contributed by atoms with E-state index in [0.717, 1.165) is 5.56 Å². The van der Waals surface area contributed by atoms with Crippen LogP contribution in [0, 0.1) is 0 Å². The smallest absolute Gasteiger partial charge is 0.265 e. The van der Waals surface area contributed by atoms with Gasteiger partial charge in [-0.1, -0.05) is 29.8 Å². The number of carbonyl (C=O) groups is 2. The van der Waals surface area contributed by atoms with Gasteiger partial charge >= 0.3 is 0 Å². The number of nitrogens with one attached hydrogen (secondary N) is 2. The van der Waals surface area contributed by atoms with Gasteiger partial charge in [-0.05, 0) is 48.0 Å². The minimum absolute atomic E-state index is 0.0331. The maximum atomic E-state index is 12.8. The predicted octanol–water partition coefficient (Wildman–Crippen LogP) is 4.02. The summed E-state index contributed by atoms with van der Waals surface area (Å²) in [6.45, 7) is 1.46. The van der Waals surface area contributed by atoms with E-state index in [1.54, 1.807) is 23.1 Å². The van der Waals surface area contributed by atoms with E-state index in [-0.39, 0.29) is 35.5 Å². The van der Waals surface area contributed by atoms with Gasteiger partial charge in [0.1, 0.15) is 5.75 Å². The van der Waals surface area contributed by atoms with E-state index in [2.05, 4.69) is 10.0 Å². The minimum Gasteiger partial charge on any atom is -0.481 e. The van der Waals surface area contributed by atoms with Crippen LogP contribution in [-0.2, 0) is 26.2 Å². The highest BCUT2D eigenvalue weighted by atomic mass is 35.5. The van der Waals surface area contributed by atoms with Crippen molar-refractivity contribution in [3.05, 3.63) is 77.3 Å². The molecule has 0 radical (unpaired) electrons. The number of fused-ring (bicyclic) bond motifs is 1. The lowest BCUT2D eigenvalue weighted by atomic mass is 10.1. The second kappa shape index (κ2) is 9.13. The Bertz CT molecular complexity index is 1330. The summed E-state index contributed by atoms with van der Waals surface area (Å²) in [5.74, 6) is -0.0993. The second-order valence-corrected chi connectivity index (χ2v) is 9.44. The summed E-state index contributed by atoms with van der Waals surface area (Å²) in [6.07, 6.45) is 0. The van der Waals surface area contributed by atoms with Gasteiger partial charge < -0.3 is 15.0 Å². The molecule has 3 aromatic carbocycles. The van der Waals surface area contributed by atoms with Crippen molar-refractivity contribution < 1.29 is 22.7 Å². The van der Waals surface area contributed by atoms with E-state index in [0.29, 0.717) is 22.1 Å². The number of carbonyl (C=O) groups excluding carboxylic acids is 2. The molecule has 0 aliphatic carbocycles. The molecule has 0 fully saturated rings. The summed E-state index contributed by atoms with van der Waals surface area (Å²) in [6, 6.07) is 17.8. The van der Waals surface area contributed by atoms with Crippen molar-refractivity contribution in [2.24, 2.45) is 0 Å². The summed E-state index contributed by atoms with van der Waals surface area (Å²) in [7, 11) is -3.88. The van der Waals surface area contributed by atoms with Gasteiger partial charge in [0.05, 0.1) is 22.8 Å². The van der Waals surface area contributed by atoms with E-state index in [1.807, 2.05) is 18.2 Å². The Labute approximate surface area is 196 Å². The number of anilines is 3. The summed E-state index contributed by atoms with van der Waals surface area (Å²) in [4.78, 5) is 25.2. The Morgan fingerprint density at radius 3 is 2.45 bits per heavy atom. The fraction of sp³-hybridized carbons (Fsp3) is 0.130. The normalized spacial score (nSPS) is 13.2. The number of sulfonamides is 1. The highest BCUT2D eigenvalue weighted by Crippen LogP contribution is 2.36. The SMILES string of the molecule is CC(=O)Nc1ccc(S(=O)(=O)Nc2ccc3c(c2)OCC(=O)N3Cc2ccccc2Cl)cc1. The average Bonchev–Trinajstić information content (AvgIpc) is 2.77. The lowest BCUT2D eigenvalue weighted by molar-refractivity contribution is -0.121. The molecule has 0 atom stereocenters. The molecule has 3 aromatic rings. The van der Waals surface area contributed by atoms with Crippen molar-refractivity contribution in [2.45, 2.75) is 18.4 Å². The van der Waals surface area contributed by atoms with Crippen molar-refractivity contribution >= 4 is 50.5 Å². The van der Waals surface area contributed by atoms with Crippen molar-refractivity contribution in [1.82, 2.24) is 0 Å².